The highest BCUT2D eigenvalue weighted by molar-refractivity contribution is 5.93. The number of anilines is 3. The molecule has 1 aliphatic carbocycles. The lowest BCUT2D eigenvalue weighted by Crippen LogP contribution is -2.11. The molecule has 0 amide bonds. The zero-order valence-electron chi connectivity index (χ0n) is 18.6. The van der Waals surface area contributed by atoms with Crippen LogP contribution in [-0.4, -0.2) is 35.1 Å². The number of nitrogens with zero attached hydrogens (tertiary/aromatic N) is 3. The van der Waals surface area contributed by atoms with Crippen LogP contribution in [0.25, 0.3) is 0 Å². The van der Waals surface area contributed by atoms with E-state index in [1.807, 2.05) is 6.20 Å². The first-order chi connectivity index (χ1) is 14.9. The molecule has 0 aliphatic heterocycles. The molecule has 6 heteroatoms. The normalized spacial score (nSPS) is 12.0. The van der Waals surface area contributed by atoms with E-state index in [0.29, 0.717) is 11.6 Å². The number of carboxylic acid groups (broad SMARTS) is 1. The minimum absolute atomic E-state index is 0.238. The molecule has 2 N–H and O–H groups in total. The highest BCUT2D eigenvalue weighted by atomic mass is 16.4. The fourth-order valence-electron chi connectivity index (χ4n) is 3.62. The van der Waals surface area contributed by atoms with E-state index >= 15 is 0 Å². The second kappa shape index (κ2) is 10.1. The molecule has 0 bridgehead atoms. The zero-order valence-corrected chi connectivity index (χ0v) is 18.6. The number of nitrogens with one attached hydrogen (secondary N) is 1. The van der Waals surface area contributed by atoms with Crippen molar-refractivity contribution in [1.29, 1.82) is 0 Å². The molecule has 0 spiro atoms. The molecular formula is C25H30N4O2. The number of carboxylic acids is 1. The number of carbonyl (C=O) groups is 1. The number of aromatic nitrogens is 2. The Kier molecular flexibility index (Phi) is 7.23. The second-order valence-corrected chi connectivity index (χ2v) is 7.95. The average molecular weight is 419 g/mol. The van der Waals surface area contributed by atoms with Crippen LogP contribution in [0, 0.1) is 0 Å². The average Bonchev–Trinajstić information content (AvgIpc) is 3.27. The van der Waals surface area contributed by atoms with Gasteiger partial charge in [0.2, 0.25) is 0 Å². The van der Waals surface area contributed by atoms with Gasteiger partial charge >= 0.3 is 5.97 Å². The van der Waals surface area contributed by atoms with Gasteiger partial charge in [0.1, 0.15) is 5.82 Å². The lowest BCUT2D eigenvalue weighted by atomic mass is 10.1. The van der Waals surface area contributed by atoms with E-state index in [4.69, 9.17) is 5.11 Å². The monoisotopic (exact) mass is 418 g/mol. The predicted octanol–water partition coefficient (Wildman–Crippen LogP) is 5.28. The molecule has 2 aromatic heterocycles. The Morgan fingerprint density at radius 1 is 1.10 bits per heavy atom. The van der Waals surface area contributed by atoms with Crippen LogP contribution < -0.4 is 10.2 Å². The predicted molar refractivity (Wildman–Crippen MR) is 126 cm³/mol. The van der Waals surface area contributed by atoms with Crippen LogP contribution in [0.1, 0.15) is 53.2 Å². The van der Waals surface area contributed by atoms with Crippen molar-refractivity contribution in [2.45, 2.75) is 39.0 Å². The first kappa shape index (κ1) is 22.3. The zero-order chi connectivity index (χ0) is 22.4. The fraction of sp³-hybridized carbons (Fsp3) is 0.320. The van der Waals surface area contributed by atoms with E-state index in [1.54, 1.807) is 7.05 Å². The Balaban J connectivity index is 0.000000210. The van der Waals surface area contributed by atoms with Gasteiger partial charge in [0.15, 0.2) is 0 Å². The van der Waals surface area contributed by atoms with Gasteiger partial charge in [-0.1, -0.05) is 26.0 Å². The lowest BCUT2D eigenvalue weighted by molar-refractivity contribution is 0.0698. The molecule has 0 fully saturated rings. The maximum absolute atomic E-state index is 10.5. The van der Waals surface area contributed by atoms with Crippen LogP contribution in [0.2, 0.25) is 0 Å². The van der Waals surface area contributed by atoms with E-state index in [0.717, 1.165) is 5.82 Å². The number of fused-ring (bicyclic) bond motifs is 1. The van der Waals surface area contributed by atoms with E-state index < -0.39 is 5.97 Å². The van der Waals surface area contributed by atoms with E-state index in [1.165, 1.54) is 60.1 Å². The summed E-state index contributed by atoms with van der Waals surface area (Å²) < 4.78 is 0. The molecule has 1 aliphatic rings. The molecule has 0 saturated carbocycles. The van der Waals surface area contributed by atoms with Crippen LogP contribution in [0.5, 0.6) is 0 Å². The third-order valence-corrected chi connectivity index (χ3v) is 5.57. The van der Waals surface area contributed by atoms with Crippen molar-refractivity contribution in [3.8, 4) is 0 Å². The smallest absolute Gasteiger partial charge is 0.337 e. The number of aryl methyl sites for hydroxylation is 2. The van der Waals surface area contributed by atoms with Crippen LogP contribution in [0.4, 0.5) is 17.2 Å². The maximum atomic E-state index is 10.5. The summed E-state index contributed by atoms with van der Waals surface area (Å²) in [7, 11) is 3.75. The van der Waals surface area contributed by atoms with Crippen molar-refractivity contribution < 1.29 is 9.90 Å². The molecule has 6 nitrogen and oxygen atoms in total. The largest absolute Gasteiger partial charge is 0.478 e. The summed E-state index contributed by atoms with van der Waals surface area (Å²) in [6, 6.07) is 12.5. The molecule has 31 heavy (non-hydrogen) atoms. The summed E-state index contributed by atoms with van der Waals surface area (Å²) in [5.41, 5.74) is 6.31. The van der Waals surface area contributed by atoms with Crippen molar-refractivity contribution in [3.63, 3.8) is 0 Å². The van der Waals surface area contributed by atoms with E-state index in [2.05, 4.69) is 71.4 Å². The first-order valence-electron chi connectivity index (χ1n) is 10.6. The summed E-state index contributed by atoms with van der Waals surface area (Å²) >= 11 is 0. The number of rotatable bonds is 5. The highest BCUT2D eigenvalue weighted by Gasteiger charge is 2.13. The number of pyridine rings is 2. The third kappa shape index (κ3) is 5.40. The molecule has 2 heterocycles. The molecule has 0 unspecified atom stereocenters. The molecule has 4 rings (SSSR count). The first-order valence-corrected chi connectivity index (χ1v) is 10.6. The van der Waals surface area contributed by atoms with Gasteiger partial charge in [-0.3, -0.25) is 4.98 Å². The number of aromatic carboxylic acids is 1. The molecule has 0 radical (unpaired) electrons. The van der Waals surface area contributed by atoms with Gasteiger partial charge in [0.25, 0.3) is 0 Å². The summed E-state index contributed by atoms with van der Waals surface area (Å²) in [6.07, 6.45) is 8.67. The topological polar surface area (TPSA) is 78.4 Å². The number of hydrogen-bond donors (Lipinski definition) is 2. The van der Waals surface area contributed by atoms with E-state index in [-0.39, 0.29) is 5.56 Å². The van der Waals surface area contributed by atoms with Crippen LogP contribution >= 0.6 is 0 Å². The van der Waals surface area contributed by atoms with Gasteiger partial charge in [-0.05, 0) is 66.1 Å². The summed E-state index contributed by atoms with van der Waals surface area (Å²) in [5, 5.41) is 11.4. The van der Waals surface area contributed by atoms with Crippen molar-refractivity contribution >= 4 is 23.2 Å². The number of benzene rings is 1. The Labute approximate surface area is 184 Å². The molecule has 3 aromatic rings. The van der Waals surface area contributed by atoms with Gasteiger partial charge in [0, 0.05) is 32.2 Å². The second-order valence-electron chi connectivity index (χ2n) is 7.95. The van der Waals surface area contributed by atoms with Crippen molar-refractivity contribution in [3.05, 3.63) is 77.2 Å². The Morgan fingerprint density at radius 3 is 2.48 bits per heavy atom. The van der Waals surface area contributed by atoms with Gasteiger partial charge < -0.3 is 15.3 Å². The lowest BCUT2D eigenvalue weighted by Gasteiger charge is -2.20. The van der Waals surface area contributed by atoms with Crippen molar-refractivity contribution in [1.82, 2.24) is 9.97 Å². The van der Waals surface area contributed by atoms with Gasteiger partial charge in [-0.2, -0.15) is 0 Å². The van der Waals surface area contributed by atoms with Crippen LogP contribution in [-0.2, 0) is 12.8 Å². The SMILES string of the molecule is CC(C)c1ccc(N(C)c2ccc3c(c2)CCC3)nc1.CNc1cnccc1C(=O)O. The Hall–Kier alpha value is -3.41. The van der Waals surface area contributed by atoms with Crippen LogP contribution in [0.3, 0.4) is 0 Å². The molecule has 1 aromatic carbocycles. The highest BCUT2D eigenvalue weighted by Crippen LogP contribution is 2.29. The molecule has 0 atom stereocenters. The minimum atomic E-state index is -0.947. The molecule has 0 saturated heterocycles. The van der Waals surface area contributed by atoms with Gasteiger partial charge in [0.05, 0.1) is 17.4 Å². The Bertz CT molecular complexity index is 1030. The van der Waals surface area contributed by atoms with Gasteiger partial charge in [-0.15, -0.1) is 0 Å². The molecular weight excluding hydrogens is 388 g/mol. The van der Waals surface area contributed by atoms with Crippen LogP contribution in [0.15, 0.2) is 55.0 Å². The standard InChI is InChI=1S/C18H22N2.C7H8N2O2/c1-13(2)16-8-10-18(19-12-16)20(3)17-9-7-14-5-4-6-15(14)11-17;1-8-6-4-9-3-2-5(6)7(10)11/h7-13H,4-6H2,1-3H3;2-4,8H,1H3,(H,10,11). The summed E-state index contributed by atoms with van der Waals surface area (Å²) in [5.74, 6) is 0.589. The quantitative estimate of drug-likeness (QED) is 0.587. The fourth-order valence-corrected chi connectivity index (χ4v) is 3.62. The summed E-state index contributed by atoms with van der Waals surface area (Å²) in [6.45, 7) is 4.39. The van der Waals surface area contributed by atoms with Gasteiger partial charge in [-0.25, -0.2) is 9.78 Å². The minimum Gasteiger partial charge on any atom is -0.478 e. The number of hydrogen-bond acceptors (Lipinski definition) is 5. The third-order valence-electron chi connectivity index (χ3n) is 5.57. The van der Waals surface area contributed by atoms with Crippen molar-refractivity contribution in [2.24, 2.45) is 0 Å². The van der Waals surface area contributed by atoms with E-state index in [9.17, 15) is 4.79 Å². The van der Waals surface area contributed by atoms with Crippen molar-refractivity contribution in [2.75, 3.05) is 24.3 Å². The Morgan fingerprint density at radius 2 is 1.87 bits per heavy atom. The maximum Gasteiger partial charge on any atom is 0.337 e. The summed E-state index contributed by atoms with van der Waals surface area (Å²) in [4.78, 5) is 21.1. The molecule has 162 valence electrons.